The predicted octanol–water partition coefficient (Wildman–Crippen LogP) is 2.51. The minimum atomic E-state index is -1.14. The lowest BCUT2D eigenvalue weighted by atomic mass is 10.0. The Balaban J connectivity index is 2.97. The van der Waals surface area contributed by atoms with Crippen molar-refractivity contribution in [1.82, 2.24) is 10.6 Å². The first-order valence-electron chi connectivity index (χ1n) is 6.43. The van der Waals surface area contributed by atoms with Gasteiger partial charge in [-0.05, 0) is 24.5 Å². The molecule has 7 heteroatoms. The van der Waals surface area contributed by atoms with Gasteiger partial charge in [-0.3, -0.25) is 9.59 Å². The van der Waals surface area contributed by atoms with Gasteiger partial charge >= 0.3 is 0 Å². The van der Waals surface area contributed by atoms with Crippen LogP contribution in [-0.2, 0) is 4.79 Å². The van der Waals surface area contributed by atoms with Crippen LogP contribution in [0.3, 0.4) is 0 Å². The molecule has 0 aromatic heterocycles. The highest BCUT2D eigenvalue weighted by Crippen LogP contribution is 2.22. The number of carbonyl (C=O) groups excluding carboxylic acids is 2. The summed E-state index contributed by atoms with van der Waals surface area (Å²) < 4.78 is 26.8. The third kappa shape index (κ3) is 4.39. The summed E-state index contributed by atoms with van der Waals surface area (Å²) in [5.41, 5.74) is -0.404. The summed E-state index contributed by atoms with van der Waals surface area (Å²) in [4.78, 5) is 23.7. The molecule has 0 fully saturated rings. The van der Waals surface area contributed by atoms with Gasteiger partial charge in [0.1, 0.15) is 16.9 Å². The first kappa shape index (κ1) is 17.4. The summed E-state index contributed by atoms with van der Waals surface area (Å²) in [6, 6.07) is 1.09. The lowest BCUT2D eigenvalue weighted by molar-refractivity contribution is -0.122. The third-order valence-electron chi connectivity index (χ3n) is 2.86. The Morgan fingerprint density at radius 2 is 1.90 bits per heavy atom. The summed E-state index contributed by atoms with van der Waals surface area (Å²) in [6.07, 6.45) is 0.391. The number of halogens is 3. The van der Waals surface area contributed by atoms with Crippen LogP contribution in [0.1, 0.15) is 30.6 Å². The summed E-state index contributed by atoms with van der Waals surface area (Å²) in [6.45, 7) is 3.77. The molecule has 1 aromatic rings. The molecule has 0 unspecified atom stereocenters. The Morgan fingerprint density at radius 3 is 2.43 bits per heavy atom. The molecule has 1 rings (SSSR count). The molecule has 2 amide bonds. The van der Waals surface area contributed by atoms with E-state index in [2.05, 4.69) is 10.6 Å². The predicted molar refractivity (Wildman–Crippen MR) is 76.1 cm³/mol. The van der Waals surface area contributed by atoms with Crippen molar-refractivity contribution in [3.8, 4) is 0 Å². The maximum Gasteiger partial charge on any atom is 0.254 e. The van der Waals surface area contributed by atoms with E-state index in [1.807, 2.05) is 13.8 Å². The average molecular weight is 319 g/mol. The molecule has 0 aliphatic heterocycles. The second-order valence-corrected chi connectivity index (χ2v) is 5.37. The first-order valence-corrected chi connectivity index (χ1v) is 6.81. The van der Waals surface area contributed by atoms with Crippen LogP contribution in [0.4, 0.5) is 8.78 Å². The van der Waals surface area contributed by atoms with Crippen molar-refractivity contribution in [3.63, 3.8) is 0 Å². The topological polar surface area (TPSA) is 58.2 Å². The zero-order valence-corrected chi connectivity index (χ0v) is 12.7. The third-order valence-corrected chi connectivity index (χ3v) is 3.20. The van der Waals surface area contributed by atoms with Gasteiger partial charge in [0.15, 0.2) is 5.82 Å². The smallest absolute Gasteiger partial charge is 0.254 e. The van der Waals surface area contributed by atoms with Crippen molar-refractivity contribution < 1.29 is 18.4 Å². The van der Waals surface area contributed by atoms with Gasteiger partial charge in [-0.25, -0.2) is 8.78 Å². The average Bonchev–Trinajstić information content (AvgIpc) is 2.42. The molecule has 0 heterocycles. The van der Waals surface area contributed by atoms with E-state index in [1.54, 1.807) is 0 Å². The van der Waals surface area contributed by atoms with E-state index in [0.29, 0.717) is 6.42 Å². The van der Waals surface area contributed by atoms with Crippen LogP contribution in [0, 0.1) is 17.6 Å². The van der Waals surface area contributed by atoms with E-state index in [4.69, 9.17) is 11.6 Å². The molecule has 0 radical (unpaired) electrons. The molecule has 1 aromatic carbocycles. The summed E-state index contributed by atoms with van der Waals surface area (Å²) >= 11 is 5.43. The summed E-state index contributed by atoms with van der Waals surface area (Å²) in [5, 5.41) is 4.11. The van der Waals surface area contributed by atoms with Crippen LogP contribution in [0.5, 0.6) is 0 Å². The Hall–Kier alpha value is -1.69. The molecular weight excluding hydrogens is 302 g/mol. The van der Waals surface area contributed by atoms with E-state index in [1.165, 1.54) is 7.05 Å². The number of amides is 2. The van der Waals surface area contributed by atoms with Crippen molar-refractivity contribution in [1.29, 1.82) is 0 Å². The van der Waals surface area contributed by atoms with E-state index >= 15 is 0 Å². The van der Waals surface area contributed by atoms with Gasteiger partial charge in [0.2, 0.25) is 5.91 Å². The Morgan fingerprint density at radius 1 is 1.29 bits per heavy atom. The van der Waals surface area contributed by atoms with Crippen molar-refractivity contribution in [2.45, 2.75) is 26.3 Å². The number of rotatable bonds is 5. The van der Waals surface area contributed by atoms with Crippen molar-refractivity contribution in [3.05, 3.63) is 34.4 Å². The fourth-order valence-electron chi connectivity index (χ4n) is 1.81. The molecule has 21 heavy (non-hydrogen) atoms. The number of nitrogens with one attached hydrogen (secondary N) is 2. The van der Waals surface area contributed by atoms with Gasteiger partial charge in [0, 0.05) is 7.05 Å². The number of likely N-dealkylation sites (N-methyl/N-ethyl adjacent to an activating group) is 1. The second-order valence-electron chi connectivity index (χ2n) is 4.99. The lowest BCUT2D eigenvalue weighted by Crippen LogP contribution is -2.46. The van der Waals surface area contributed by atoms with Gasteiger partial charge in [0.05, 0.1) is 5.56 Å². The van der Waals surface area contributed by atoms with E-state index in [0.717, 1.165) is 12.1 Å². The molecule has 116 valence electrons. The number of hydrogen-bond acceptors (Lipinski definition) is 2. The highest BCUT2D eigenvalue weighted by atomic mass is 35.5. The highest BCUT2D eigenvalue weighted by Gasteiger charge is 2.24. The zero-order chi connectivity index (χ0) is 16.2. The van der Waals surface area contributed by atoms with Gasteiger partial charge in [-0.15, -0.1) is 0 Å². The molecule has 0 aliphatic carbocycles. The lowest BCUT2D eigenvalue weighted by Gasteiger charge is -2.19. The van der Waals surface area contributed by atoms with E-state index < -0.39 is 34.2 Å². The van der Waals surface area contributed by atoms with Crippen LogP contribution in [0.15, 0.2) is 12.1 Å². The van der Waals surface area contributed by atoms with Crippen LogP contribution in [0.25, 0.3) is 0 Å². The molecule has 4 nitrogen and oxygen atoms in total. The van der Waals surface area contributed by atoms with Crippen LogP contribution < -0.4 is 10.6 Å². The minimum Gasteiger partial charge on any atom is -0.357 e. The Kier molecular flexibility index (Phi) is 6.08. The van der Waals surface area contributed by atoms with Crippen molar-refractivity contribution in [2.75, 3.05) is 7.05 Å². The fraction of sp³-hybridized carbons (Fsp3) is 0.429. The molecule has 1 atom stereocenters. The highest BCUT2D eigenvalue weighted by molar-refractivity contribution is 6.31. The molecule has 0 bridgehead atoms. The molecule has 0 aliphatic rings. The quantitative estimate of drug-likeness (QED) is 0.820. The molecule has 0 saturated carbocycles. The SMILES string of the molecule is CNC(=O)[C@@H](CC(C)C)NC(=O)c1ccc(F)c(Cl)c1F. The maximum absolute atomic E-state index is 13.8. The monoisotopic (exact) mass is 318 g/mol. The first-order chi connectivity index (χ1) is 9.77. The van der Waals surface area contributed by atoms with Gasteiger partial charge in [0.25, 0.3) is 5.91 Å². The summed E-state index contributed by atoms with van der Waals surface area (Å²) in [5.74, 6) is -3.14. The molecule has 0 saturated heterocycles. The fourth-order valence-corrected chi connectivity index (χ4v) is 1.98. The van der Waals surface area contributed by atoms with Crippen LogP contribution in [0.2, 0.25) is 5.02 Å². The normalized spacial score (nSPS) is 12.1. The van der Waals surface area contributed by atoms with Crippen LogP contribution in [-0.4, -0.2) is 24.9 Å². The Bertz CT molecular complexity index is 550. The number of benzene rings is 1. The minimum absolute atomic E-state index is 0.147. The van der Waals surface area contributed by atoms with Crippen molar-refractivity contribution in [2.24, 2.45) is 5.92 Å². The van der Waals surface area contributed by atoms with Gasteiger partial charge in [-0.2, -0.15) is 0 Å². The molecule has 0 spiro atoms. The second kappa shape index (κ2) is 7.36. The van der Waals surface area contributed by atoms with Crippen LogP contribution >= 0.6 is 11.6 Å². The standard InChI is InChI=1S/C14H17ClF2N2O2/c1-7(2)6-10(14(21)18-3)19-13(20)8-4-5-9(16)11(15)12(8)17/h4-5,7,10H,6H2,1-3H3,(H,18,21)(H,19,20)/t10-/m1/s1. The van der Waals surface area contributed by atoms with Crippen molar-refractivity contribution >= 4 is 23.4 Å². The van der Waals surface area contributed by atoms with E-state index in [9.17, 15) is 18.4 Å². The largest absolute Gasteiger partial charge is 0.357 e. The number of carbonyl (C=O) groups is 2. The van der Waals surface area contributed by atoms with Gasteiger partial charge < -0.3 is 10.6 Å². The molecular formula is C14H17ClF2N2O2. The Labute approximate surface area is 126 Å². The zero-order valence-electron chi connectivity index (χ0n) is 12.0. The van der Waals surface area contributed by atoms with E-state index in [-0.39, 0.29) is 11.8 Å². The molecule has 2 N–H and O–H groups in total. The van der Waals surface area contributed by atoms with Gasteiger partial charge in [-0.1, -0.05) is 25.4 Å². The number of hydrogen-bond donors (Lipinski definition) is 2. The summed E-state index contributed by atoms with van der Waals surface area (Å²) in [7, 11) is 1.44. The maximum atomic E-state index is 13.8.